The van der Waals surface area contributed by atoms with Gasteiger partial charge in [0, 0.05) is 5.02 Å². The maximum atomic E-state index is 10.9. The molecule has 0 spiro atoms. The molecule has 1 N–H and O–H groups in total. The Labute approximate surface area is 163 Å². The number of aromatic carboxylic acids is 1. The molecule has 0 heterocycles. The second-order valence-electron chi connectivity index (χ2n) is 6.06. The number of hydrogen-bond donors (Lipinski definition) is 1. The van der Waals surface area contributed by atoms with E-state index in [2.05, 4.69) is 0 Å². The highest BCUT2D eigenvalue weighted by Gasteiger charge is 2.05. The number of allylic oxidation sites excluding steroid dienone is 1. The number of carbonyl (C=O) groups is 1. The molecule has 27 heavy (non-hydrogen) atoms. The molecule has 0 unspecified atom stereocenters. The molecule has 0 saturated heterocycles. The minimum absolute atomic E-state index is 0.276. The Balaban J connectivity index is 1.68. The Morgan fingerprint density at radius 1 is 1.00 bits per heavy atom. The summed E-state index contributed by atoms with van der Waals surface area (Å²) in [5.74, 6) is -0.126. The van der Waals surface area contributed by atoms with Crippen LogP contribution in [0.3, 0.4) is 0 Å². The summed E-state index contributed by atoms with van der Waals surface area (Å²) >= 11 is 6.14. The van der Waals surface area contributed by atoms with Gasteiger partial charge in [0.25, 0.3) is 0 Å². The van der Waals surface area contributed by atoms with Gasteiger partial charge >= 0.3 is 5.97 Å². The minimum atomic E-state index is -0.926. The molecule has 0 fully saturated rings. The summed E-state index contributed by atoms with van der Waals surface area (Å²) in [5, 5.41) is 9.61. The average Bonchev–Trinajstić information content (AvgIpc) is 2.68. The lowest BCUT2D eigenvalue weighted by Gasteiger charge is -2.11. The molecule has 3 nitrogen and oxygen atoms in total. The van der Waals surface area contributed by atoms with Crippen LogP contribution in [0, 0.1) is 0 Å². The number of rotatable bonds is 7. The molecule has 3 aromatic carbocycles. The number of ether oxygens (including phenoxy) is 1. The van der Waals surface area contributed by atoms with Gasteiger partial charge in [-0.15, -0.1) is 0 Å². The Bertz CT molecular complexity index is 932. The predicted molar refractivity (Wildman–Crippen MR) is 108 cm³/mol. The second kappa shape index (κ2) is 9.06. The average molecular weight is 379 g/mol. The van der Waals surface area contributed by atoms with Crippen LogP contribution in [0.2, 0.25) is 5.02 Å². The molecule has 0 saturated carbocycles. The largest absolute Gasteiger partial charge is 0.489 e. The van der Waals surface area contributed by atoms with Crippen LogP contribution >= 0.6 is 11.6 Å². The molecular weight excluding hydrogens is 360 g/mol. The van der Waals surface area contributed by atoms with Crippen LogP contribution in [-0.2, 0) is 13.0 Å². The minimum Gasteiger partial charge on any atom is -0.489 e. The van der Waals surface area contributed by atoms with Crippen molar-refractivity contribution in [3.63, 3.8) is 0 Å². The molecule has 0 aliphatic heterocycles. The quantitative estimate of drug-likeness (QED) is 0.559. The molecule has 0 amide bonds. The standard InChI is InChI=1S/C23H19ClO3/c24-21-13-14-22(27-16-18-5-2-1-3-6-18)20(15-21)8-4-7-17-9-11-19(12-10-17)23(25)26/h1-7,9-15H,8,16H2,(H,25,26). The molecule has 3 aromatic rings. The summed E-state index contributed by atoms with van der Waals surface area (Å²) in [6, 6.07) is 22.4. The summed E-state index contributed by atoms with van der Waals surface area (Å²) < 4.78 is 5.97. The normalized spacial score (nSPS) is 10.9. The van der Waals surface area contributed by atoms with Crippen molar-refractivity contribution in [2.24, 2.45) is 0 Å². The third-order valence-electron chi connectivity index (χ3n) is 4.07. The fourth-order valence-corrected chi connectivity index (χ4v) is 2.84. The van der Waals surface area contributed by atoms with E-state index < -0.39 is 5.97 Å². The van der Waals surface area contributed by atoms with Crippen LogP contribution in [-0.4, -0.2) is 11.1 Å². The van der Waals surface area contributed by atoms with E-state index in [-0.39, 0.29) is 5.56 Å². The summed E-state index contributed by atoms with van der Waals surface area (Å²) in [5.41, 5.74) is 3.32. The topological polar surface area (TPSA) is 46.5 Å². The van der Waals surface area contributed by atoms with E-state index in [1.54, 1.807) is 24.3 Å². The van der Waals surface area contributed by atoms with Crippen LogP contribution in [0.15, 0.2) is 78.9 Å². The first-order valence-electron chi connectivity index (χ1n) is 8.57. The van der Waals surface area contributed by atoms with Gasteiger partial charge in [-0.1, -0.05) is 66.2 Å². The molecule has 0 aliphatic carbocycles. The third-order valence-corrected chi connectivity index (χ3v) is 4.30. The highest BCUT2D eigenvalue weighted by Crippen LogP contribution is 2.25. The molecule has 0 bridgehead atoms. The fourth-order valence-electron chi connectivity index (χ4n) is 2.64. The van der Waals surface area contributed by atoms with Crippen molar-refractivity contribution in [2.45, 2.75) is 13.0 Å². The van der Waals surface area contributed by atoms with Gasteiger partial charge in [-0.3, -0.25) is 0 Å². The molecule has 0 radical (unpaired) electrons. The summed E-state index contributed by atoms with van der Waals surface area (Å²) in [7, 11) is 0. The van der Waals surface area contributed by atoms with E-state index in [1.165, 1.54) is 0 Å². The molecule has 3 rings (SSSR count). The van der Waals surface area contributed by atoms with Crippen molar-refractivity contribution < 1.29 is 14.6 Å². The van der Waals surface area contributed by atoms with Crippen LogP contribution in [0.1, 0.15) is 27.0 Å². The molecular formula is C23H19ClO3. The number of carboxylic acid groups (broad SMARTS) is 1. The van der Waals surface area contributed by atoms with Crippen molar-refractivity contribution in [2.75, 3.05) is 0 Å². The zero-order valence-corrected chi connectivity index (χ0v) is 15.4. The smallest absolute Gasteiger partial charge is 0.335 e. The van der Waals surface area contributed by atoms with Crippen LogP contribution in [0.4, 0.5) is 0 Å². The van der Waals surface area contributed by atoms with E-state index >= 15 is 0 Å². The van der Waals surface area contributed by atoms with Gasteiger partial charge in [0.15, 0.2) is 0 Å². The lowest BCUT2D eigenvalue weighted by Crippen LogP contribution is -1.98. The van der Waals surface area contributed by atoms with Crippen molar-refractivity contribution in [3.05, 3.63) is 106 Å². The van der Waals surface area contributed by atoms with E-state index in [0.717, 1.165) is 22.4 Å². The fraction of sp³-hybridized carbons (Fsp3) is 0.0870. The first kappa shape index (κ1) is 18.7. The van der Waals surface area contributed by atoms with Crippen molar-refractivity contribution >= 4 is 23.6 Å². The Morgan fingerprint density at radius 3 is 2.44 bits per heavy atom. The lowest BCUT2D eigenvalue weighted by molar-refractivity contribution is 0.0697. The van der Waals surface area contributed by atoms with E-state index in [9.17, 15) is 4.79 Å². The second-order valence-corrected chi connectivity index (χ2v) is 6.50. The third kappa shape index (κ3) is 5.47. The first-order valence-corrected chi connectivity index (χ1v) is 8.94. The molecule has 136 valence electrons. The maximum Gasteiger partial charge on any atom is 0.335 e. The van der Waals surface area contributed by atoms with Crippen LogP contribution in [0.25, 0.3) is 6.08 Å². The van der Waals surface area contributed by atoms with Crippen molar-refractivity contribution in [1.29, 1.82) is 0 Å². The molecule has 4 heteroatoms. The first-order chi connectivity index (χ1) is 13.1. The summed E-state index contributed by atoms with van der Waals surface area (Å²) in [6.07, 6.45) is 4.62. The van der Waals surface area contributed by atoms with Gasteiger partial charge in [0.2, 0.25) is 0 Å². The van der Waals surface area contributed by atoms with Gasteiger partial charge in [-0.2, -0.15) is 0 Å². The molecule has 0 atom stereocenters. The SMILES string of the molecule is O=C(O)c1ccc(C=CCc2cc(Cl)ccc2OCc2ccccc2)cc1. The van der Waals surface area contributed by atoms with Gasteiger partial charge in [0.1, 0.15) is 12.4 Å². The number of carboxylic acids is 1. The summed E-state index contributed by atoms with van der Waals surface area (Å²) in [4.78, 5) is 10.9. The zero-order chi connectivity index (χ0) is 19.1. The van der Waals surface area contributed by atoms with Crippen molar-refractivity contribution in [3.8, 4) is 5.75 Å². The highest BCUT2D eigenvalue weighted by molar-refractivity contribution is 6.30. The number of hydrogen-bond acceptors (Lipinski definition) is 2. The van der Waals surface area contributed by atoms with Crippen LogP contribution in [0.5, 0.6) is 5.75 Å². The highest BCUT2D eigenvalue weighted by atomic mass is 35.5. The van der Waals surface area contributed by atoms with Crippen LogP contribution < -0.4 is 4.74 Å². The van der Waals surface area contributed by atoms with Gasteiger partial charge in [-0.05, 0) is 53.4 Å². The number of benzene rings is 3. The van der Waals surface area contributed by atoms with Crippen molar-refractivity contribution in [1.82, 2.24) is 0 Å². The van der Waals surface area contributed by atoms with E-state index in [1.807, 2.05) is 60.7 Å². The van der Waals surface area contributed by atoms with Gasteiger partial charge in [0.05, 0.1) is 5.56 Å². The Kier molecular flexibility index (Phi) is 6.29. The van der Waals surface area contributed by atoms with Gasteiger partial charge in [-0.25, -0.2) is 4.79 Å². The maximum absolute atomic E-state index is 10.9. The summed E-state index contributed by atoms with van der Waals surface area (Å²) in [6.45, 7) is 0.496. The monoisotopic (exact) mass is 378 g/mol. The van der Waals surface area contributed by atoms with Gasteiger partial charge < -0.3 is 9.84 Å². The lowest BCUT2D eigenvalue weighted by atomic mass is 10.1. The molecule has 0 aliphatic rings. The predicted octanol–water partition coefficient (Wildman–Crippen LogP) is 5.87. The van der Waals surface area contributed by atoms with E-state index in [0.29, 0.717) is 18.1 Å². The number of halogens is 1. The Hall–Kier alpha value is -3.04. The molecule has 0 aromatic heterocycles. The van der Waals surface area contributed by atoms with E-state index in [4.69, 9.17) is 21.4 Å². The Morgan fingerprint density at radius 2 is 1.74 bits per heavy atom. The zero-order valence-electron chi connectivity index (χ0n) is 14.6.